The van der Waals surface area contributed by atoms with Gasteiger partial charge in [0.25, 0.3) is 0 Å². The van der Waals surface area contributed by atoms with Crippen LogP contribution in [0, 0.1) is 5.41 Å². The predicted molar refractivity (Wildman–Crippen MR) is 85.0 cm³/mol. The largest absolute Gasteiger partial charge is 0.355 e. The molecule has 21 heavy (non-hydrogen) atoms. The lowest BCUT2D eigenvalue weighted by Gasteiger charge is -2.20. The van der Waals surface area contributed by atoms with E-state index in [1.54, 1.807) is 0 Å². The van der Waals surface area contributed by atoms with Gasteiger partial charge >= 0.3 is 0 Å². The van der Waals surface area contributed by atoms with Crippen LogP contribution < -0.4 is 10.6 Å². The van der Waals surface area contributed by atoms with Gasteiger partial charge in [-0.15, -0.1) is 0 Å². The molecule has 5 heteroatoms. The van der Waals surface area contributed by atoms with Crippen molar-refractivity contribution in [3.05, 3.63) is 0 Å². The highest BCUT2D eigenvalue weighted by atomic mass is 16.2. The predicted octanol–water partition coefficient (Wildman–Crippen LogP) is 1.53. The fourth-order valence-electron chi connectivity index (χ4n) is 2.38. The molecule has 0 radical (unpaired) electrons. The lowest BCUT2D eigenvalue weighted by Crippen LogP contribution is -2.42. The topological polar surface area (TPSA) is 61.4 Å². The third-order valence-corrected chi connectivity index (χ3v) is 3.76. The number of carbonyl (C=O) groups is 2. The average molecular weight is 297 g/mol. The van der Waals surface area contributed by atoms with E-state index in [2.05, 4.69) is 15.5 Å². The second-order valence-corrected chi connectivity index (χ2v) is 6.89. The van der Waals surface area contributed by atoms with Crippen molar-refractivity contribution in [2.45, 2.75) is 52.9 Å². The van der Waals surface area contributed by atoms with E-state index in [4.69, 9.17) is 0 Å². The second-order valence-electron chi connectivity index (χ2n) is 6.89. The SMILES string of the molecule is CC(C)(C)C(=O)NCC(=O)NCCCN1CCCCCC1. The van der Waals surface area contributed by atoms with Gasteiger partial charge in [-0.2, -0.15) is 0 Å². The molecule has 0 unspecified atom stereocenters. The molecular formula is C16H31N3O2. The smallest absolute Gasteiger partial charge is 0.239 e. The third kappa shape index (κ3) is 8.05. The van der Waals surface area contributed by atoms with Crippen molar-refractivity contribution in [3.63, 3.8) is 0 Å². The molecule has 0 atom stereocenters. The number of hydrogen-bond donors (Lipinski definition) is 2. The van der Waals surface area contributed by atoms with Crippen LogP contribution in [-0.4, -0.2) is 49.4 Å². The quantitative estimate of drug-likeness (QED) is 0.731. The summed E-state index contributed by atoms with van der Waals surface area (Å²) < 4.78 is 0. The highest BCUT2D eigenvalue weighted by Crippen LogP contribution is 2.12. The number of nitrogens with zero attached hydrogens (tertiary/aromatic N) is 1. The van der Waals surface area contributed by atoms with E-state index in [1.807, 2.05) is 20.8 Å². The summed E-state index contributed by atoms with van der Waals surface area (Å²) in [4.78, 5) is 25.8. The van der Waals surface area contributed by atoms with Gasteiger partial charge in [0, 0.05) is 12.0 Å². The molecule has 122 valence electrons. The van der Waals surface area contributed by atoms with Crippen molar-refractivity contribution >= 4 is 11.8 Å². The molecular weight excluding hydrogens is 266 g/mol. The molecule has 0 aromatic rings. The Morgan fingerprint density at radius 3 is 2.19 bits per heavy atom. The molecule has 0 bridgehead atoms. The van der Waals surface area contributed by atoms with Crippen molar-refractivity contribution in [1.82, 2.24) is 15.5 Å². The number of hydrogen-bond acceptors (Lipinski definition) is 3. The van der Waals surface area contributed by atoms with E-state index < -0.39 is 5.41 Å². The molecule has 2 amide bonds. The number of likely N-dealkylation sites (tertiary alicyclic amines) is 1. The standard InChI is InChI=1S/C16H31N3O2/c1-16(2,3)15(21)18-13-14(20)17-9-8-12-19-10-6-4-5-7-11-19/h4-13H2,1-3H3,(H,17,20)(H,18,21). The molecule has 2 N–H and O–H groups in total. The van der Waals surface area contributed by atoms with Gasteiger partial charge in [0.05, 0.1) is 6.54 Å². The van der Waals surface area contributed by atoms with E-state index in [9.17, 15) is 9.59 Å². The van der Waals surface area contributed by atoms with Crippen LogP contribution in [0.15, 0.2) is 0 Å². The Kier molecular flexibility index (Phi) is 7.72. The molecule has 1 aliphatic heterocycles. The summed E-state index contributed by atoms with van der Waals surface area (Å²) in [5.74, 6) is -0.203. The first-order chi connectivity index (χ1) is 9.89. The maximum atomic E-state index is 11.6. The van der Waals surface area contributed by atoms with Crippen LogP contribution >= 0.6 is 0 Å². The minimum atomic E-state index is -0.451. The van der Waals surface area contributed by atoms with Crippen molar-refractivity contribution in [2.24, 2.45) is 5.41 Å². The van der Waals surface area contributed by atoms with E-state index in [0.29, 0.717) is 6.54 Å². The average Bonchev–Trinajstić information content (AvgIpc) is 2.68. The summed E-state index contributed by atoms with van der Waals surface area (Å²) in [6.07, 6.45) is 6.26. The van der Waals surface area contributed by atoms with Crippen molar-refractivity contribution in [2.75, 3.05) is 32.7 Å². The van der Waals surface area contributed by atoms with Gasteiger partial charge in [0.1, 0.15) is 0 Å². The Morgan fingerprint density at radius 2 is 1.62 bits per heavy atom. The van der Waals surface area contributed by atoms with Gasteiger partial charge in [-0.25, -0.2) is 0 Å². The molecule has 5 nitrogen and oxygen atoms in total. The molecule has 0 saturated carbocycles. The van der Waals surface area contributed by atoms with Crippen LogP contribution in [-0.2, 0) is 9.59 Å². The highest BCUT2D eigenvalue weighted by molar-refractivity contribution is 5.87. The van der Waals surface area contributed by atoms with Crippen LogP contribution in [0.3, 0.4) is 0 Å². The molecule has 1 saturated heterocycles. The Hall–Kier alpha value is -1.10. The van der Waals surface area contributed by atoms with Crippen LogP contribution in [0.1, 0.15) is 52.9 Å². The van der Waals surface area contributed by atoms with Gasteiger partial charge in [-0.1, -0.05) is 33.6 Å². The molecule has 1 heterocycles. The minimum Gasteiger partial charge on any atom is -0.355 e. The molecule has 1 rings (SSSR count). The van der Waals surface area contributed by atoms with Gasteiger partial charge < -0.3 is 15.5 Å². The molecule has 0 aromatic heterocycles. The number of nitrogens with one attached hydrogen (secondary N) is 2. The van der Waals surface area contributed by atoms with Crippen LogP contribution in [0.4, 0.5) is 0 Å². The summed E-state index contributed by atoms with van der Waals surface area (Å²) in [6, 6.07) is 0. The lowest BCUT2D eigenvalue weighted by molar-refractivity contribution is -0.131. The molecule has 1 aliphatic rings. The summed E-state index contributed by atoms with van der Waals surface area (Å²) in [5.41, 5.74) is -0.451. The zero-order chi connectivity index (χ0) is 15.7. The molecule has 0 spiro atoms. The molecule has 1 fully saturated rings. The first-order valence-corrected chi connectivity index (χ1v) is 8.17. The Bertz CT molecular complexity index is 329. The van der Waals surface area contributed by atoms with Crippen molar-refractivity contribution in [3.8, 4) is 0 Å². The first-order valence-electron chi connectivity index (χ1n) is 8.17. The van der Waals surface area contributed by atoms with Gasteiger partial charge in [-0.05, 0) is 38.9 Å². The van der Waals surface area contributed by atoms with E-state index >= 15 is 0 Å². The molecule has 0 aliphatic carbocycles. The van der Waals surface area contributed by atoms with Gasteiger partial charge in [0.2, 0.25) is 11.8 Å². The number of carbonyl (C=O) groups excluding carboxylic acids is 2. The molecule has 0 aromatic carbocycles. The van der Waals surface area contributed by atoms with Gasteiger partial charge in [-0.3, -0.25) is 9.59 Å². The fraction of sp³-hybridized carbons (Fsp3) is 0.875. The Balaban J connectivity index is 2.06. The van der Waals surface area contributed by atoms with Gasteiger partial charge in [0.15, 0.2) is 0 Å². The van der Waals surface area contributed by atoms with E-state index in [0.717, 1.165) is 13.0 Å². The van der Waals surface area contributed by atoms with Crippen LogP contribution in [0.2, 0.25) is 0 Å². The normalized spacial score (nSPS) is 17.1. The Morgan fingerprint density at radius 1 is 1.00 bits per heavy atom. The Labute approximate surface area is 128 Å². The maximum Gasteiger partial charge on any atom is 0.239 e. The van der Waals surface area contributed by atoms with Crippen LogP contribution in [0.25, 0.3) is 0 Å². The van der Waals surface area contributed by atoms with E-state index in [1.165, 1.54) is 38.8 Å². The zero-order valence-corrected chi connectivity index (χ0v) is 13.8. The number of amides is 2. The van der Waals surface area contributed by atoms with Crippen molar-refractivity contribution in [1.29, 1.82) is 0 Å². The van der Waals surface area contributed by atoms with Crippen molar-refractivity contribution < 1.29 is 9.59 Å². The summed E-state index contributed by atoms with van der Waals surface area (Å²) in [7, 11) is 0. The minimum absolute atomic E-state index is 0.0693. The zero-order valence-electron chi connectivity index (χ0n) is 13.8. The lowest BCUT2D eigenvalue weighted by atomic mass is 9.96. The fourth-order valence-corrected chi connectivity index (χ4v) is 2.38. The maximum absolute atomic E-state index is 11.6. The van der Waals surface area contributed by atoms with E-state index in [-0.39, 0.29) is 18.4 Å². The summed E-state index contributed by atoms with van der Waals surface area (Å²) in [5, 5.41) is 5.52. The third-order valence-electron chi connectivity index (χ3n) is 3.76. The first kappa shape index (κ1) is 18.0. The number of rotatable bonds is 6. The van der Waals surface area contributed by atoms with Crippen LogP contribution in [0.5, 0.6) is 0 Å². The monoisotopic (exact) mass is 297 g/mol. The summed E-state index contributed by atoms with van der Waals surface area (Å²) in [6.45, 7) is 9.69. The highest BCUT2D eigenvalue weighted by Gasteiger charge is 2.21. The second kappa shape index (κ2) is 9.03. The summed E-state index contributed by atoms with van der Waals surface area (Å²) >= 11 is 0.